The van der Waals surface area contributed by atoms with Gasteiger partial charge in [-0.15, -0.1) is 0 Å². The Kier molecular flexibility index (Phi) is 7.05. The topological polar surface area (TPSA) is 65.7 Å². The van der Waals surface area contributed by atoms with Crippen LogP contribution in [-0.2, 0) is 6.42 Å². The number of piperidine rings is 1. The summed E-state index contributed by atoms with van der Waals surface area (Å²) in [4.78, 5) is 11.7. The molecule has 0 amide bonds. The lowest BCUT2D eigenvalue weighted by Crippen LogP contribution is -2.51. The molecule has 3 heterocycles. The van der Waals surface area contributed by atoms with E-state index in [1.807, 2.05) is 24.4 Å². The van der Waals surface area contributed by atoms with E-state index in [0.717, 1.165) is 56.4 Å². The molecule has 0 spiro atoms. The van der Waals surface area contributed by atoms with Crippen LogP contribution >= 0.6 is 0 Å². The highest BCUT2D eigenvalue weighted by Crippen LogP contribution is 2.19. The lowest BCUT2D eigenvalue weighted by Gasteiger charge is -2.34. The van der Waals surface area contributed by atoms with Crippen LogP contribution in [0, 0.1) is 0 Å². The zero-order valence-electron chi connectivity index (χ0n) is 17.2. The van der Waals surface area contributed by atoms with Crippen molar-refractivity contribution in [1.29, 1.82) is 0 Å². The summed E-state index contributed by atoms with van der Waals surface area (Å²) in [5, 5.41) is 7.43. The van der Waals surface area contributed by atoms with Gasteiger partial charge in [0.1, 0.15) is 11.6 Å². The van der Waals surface area contributed by atoms with Crippen molar-refractivity contribution in [3.63, 3.8) is 0 Å². The van der Waals surface area contributed by atoms with E-state index >= 15 is 0 Å². The van der Waals surface area contributed by atoms with E-state index in [9.17, 15) is 0 Å². The largest absolute Gasteiger partial charge is 0.469 e. The number of aromatic nitrogens is 1. The van der Waals surface area contributed by atoms with Crippen LogP contribution in [0.4, 0.5) is 5.82 Å². The van der Waals surface area contributed by atoms with Crippen molar-refractivity contribution < 1.29 is 4.42 Å². The van der Waals surface area contributed by atoms with Gasteiger partial charge in [0.15, 0.2) is 5.96 Å². The summed E-state index contributed by atoms with van der Waals surface area (Å²) in [7, 11) is 0. The van der Waals surface area contributed by atoms with Gasteiger partial charge in [0.25, 0.3) is 0 Å². The van der Waals surface area contributed by atoms with Crippen LogP contribution < -0.4 is 15.5 Å². The van der Waals surface area contributed by atoms with Gasteiger partial charge in [0.05, 0.1) is 6.26 Å². The van der Waals surface area contributed by atoms with E-state index in [1.165, 1.54) is 32.1 Å². The SMILES string of the molecule is c1ccc(N2CCC(NC(=NCCc3ccco3)NC3CCCCC3)CC2)nc1. The van der Waals surface area contributed by atoms with Crippen LogP contribution in [0.2, 0.25) is 0 Å². The number of nitrogens with zero attached hydrogens (tertiary/aromatic N) is 3. The average Bonchev–Trinajstić information content (AvgIpc) is 3.29. The normalized spacial score (nSPS) is 19.3. The second-order valence-corrected chi connectivity index (χ2v) is 8.13. The summed E-state index contributed by atoms with van der Waals surface area (Å²) < 4.78 is 5.45. The molecule has 0 radical (unpaired) electrons. The molecule has 2 aromatic heterocycles. The van der Waals surface area contributed by atoms with Crippen molar-refractivity contribution in [2.45, 2.75) is 63.5 Å². The number of pyridine rings is 1. The van der Waals surface area contributed by atoms with Crippen molar-refractivity contribution in [2.75, 3.05) is 24.5 Å². The van der Waals surface area contributed by atoms with E-state index < -0.39 is 0 Å². The molecule has 0 bridgehead atoms. The van der Waals surface area contributed by atoms with Crippen LogP contribution in [0.3, 0.4) is 0 Å². The second kappa shape index (κ2) is 10.3. The monoisotopic (exact) mass is 395 g/mol. The first-order valence-corrected chi connectivity index (χ1v) is 11.1. The molecule has 0 unspecified atom stereocenters. The Bertz CT molecular complexity index is 732. The van der Waals surface area contributed by atoms with Gasteiger partial charge in [-0.2, -0.15) is 0 Å². The maximum atomic E-state index is 5.45. The highest BCUT2D eigenvalue weighted by Gasteiger charge is 2.22. The summed E-state index contributed by atoms with van der Waals surface area (Å²) in [6, 6.07) is 11.1. The number of aliphatic imine (C=N–C) groups is 1. The molecule has 2 aromatic rings. The van der Waals surface area contributed by atoms with Crippen LogP contribution in [0.1, 0.15) is 50.7 Å². The minimum atomic E-state index is 0.452. The van der Waals surface area contributed by atoms with Gasteiger partial charge in [-0.1, -0.05) is 25.3 Å². The Labute approximate surface area is 173 Å². The highest BCUT2D eigenvalue weighted by atomic mass is 16.3. The van der Waals surface area contributed by atoms with E-state index in [4.69, 9.17) is 9.41 Å². The van der Waals surface area contributed by atoms with E-state index in [0.29, 0.717) is 12.1 Å². The van der Waals surface area contributed by atoms with Gasteiger partial charge in [-0.3, -0.25) is 4.99 Å². The van der Waals surface area contributed by atoms with Crippen molar-refractivity contribution >= 4 is 11.8 Å². The number of hydrogen-bond acceptors (Lipinski definition) is 4. The van der Waals surface area contributed by atoms with Crippen LogP contribution in [0.15, 0.2) is 52.2 Å². The summed E-state index contributed by atoms with van der Waals surface area (Å²) in [6.45, 7) is 2.79. The second-order valence-electron chi connectivity index (χ2n) is 8.13. The Morgan fingerprint density at radius 3 is 2.48 bits per heavy atom. The molecule has 6 nitrogen and oxygen atoms in total. The van der Waals surface area contributed by atoms with Gasteiger partial charge >= 0.3 is 0 Å². The fourth-order valence-corrected chi connectivity index (χ4v) is 4.29. The Balaban J connectivity index is 1.31. The number of nitrogens with one attached hydrogen (secondary N) is 2. The van der Waals surface area contributed by atoms with Crippen molar-refractivity contribution in [3.8, 4) is 0 Å². The summed E-state index contributed by atoms with van der Waals surface area (Å²) in [6.07, 6.45) is 13.1. The van der Waals surface area contributed by atoms with E-state index in [-0.39, 0.29) is 0 Å². The van der Waals surface area contributed by atoms with Gasteiger partial charge in [-0.05, 0) is 49.9 Å². The number of guanidine groups is 1. The standard InChI is InChI=1S/C23H33N5O/c1-2-7-19(8-3-1)26-23(25-15-11-21-9-6-18-29-21)27-20-12-16-28(17-13-20)22-10-4-5-14-24-22/h4-6,9-10,14,18-20H,1-3,7-8,11-13,15-17H2,(H2,25,26,27). The maximum Gasteiger partial charge on any atom is 0.191 e. The molecular weight excluding hydrogens is 362 g/mol. The lowest BCUT2D eigenvalue weighted by atomic mass is 9.95. The van der Waals surface area contributed by atoms with Crippen molar-refractivity contribution in [3.05, 3.63) is 48.6 Å². The van der Waals surface area contributed by atoms with Crippen molar-refractivity contribution in [2.24, 2.45) is 4.99 Å². The first kappa shape index (κ1) is 19.8. The van der Waals surface area contributed by atoms with Crippen LogP contribution in [-0.4, -0.2) is 42.7 Å². The summed E-state index contributed by atoms with van der Waals surface area (Å²) in [5.41, 5.74) is 0. The fourth-order valence-electron chi connectivity index (χ4n) is 4.29. The zero-order valence-corrected chi connectivity index (χ0v) is 17.2. The third-order valence-corrected chi connectivity index (χ3v) is 5.96. The van der Waals surface area contributed by atoms with E-state index in [1.54, 1.807) is 6.26 Å². The molecule has 2 aliphatic rings. The Morgan fingerprint density at radius 2 is 1.79 bits per heavy atom. The Hall–Kier alpha value is -2.50. The predicted molar refractivity (Wildman–Crippen MR) is 117 cm³/mol. The molecule has 1 aliphatic heterocycles. The molecule has 4 rings (SSSR count). The van der Waals surface area contributed by atoms with Crippen LogP contribution in [0.5, 0.6) is 0 Å². The third-order valence-electron chi connectivity index (χ3n) is 5.96. The Morgan fingerprint density at radius 1 is 1.00 bits per heavy atom. The first-order valence-electron chi connectivity index (χ1n) is 11.1. The van der Waals surface area contributed by atoms with Crippen LogP contribution in [0.25, 0.3) is 0 Å². The highest BCUT2D eigenvalue weighted by molar-refractivity contribution is 5.80. The van der Waals surface area contributed by atoms with Crippen molar-refractivity contribution in [1.82, 2.24) is 15.6 Å². The zero-order chi connectivity index (χ0) is 19.7. The molecule has 0 atom stereocenters. The minimum Gasteiger partial charge on any atom is -0.469 e. The minimum absolute atomic E-state index is 0.452. The lowest BCUT2D eigenvalue weighted by molar-refractivity contribution is 0.401. The van der Waals surface area contributed by atoms with Gasteiger partial charge in [-0.25, -0.2) is 4.98 Å². The maximum absolute atomic E-state index is 5.45. The molecule has 2 fully saturated rings. The quantitative estimate of drug-likeness (QED) is 0.576. The molecule has 6 heteroatoms. The number of rotatable bonds is 6. The fraction of sp³-hybridized carbons (Fsp3) is 0.565. The predicted octanol–water partition coefficient (Wildman–Crippen LogP) is 3.75. The van der Waals surface area contributed by atoms with Gasteiger partial charge < -0.3 is 20.0 Å². The number of furan rings is 1. The number of hydrogen-bond donors (Lipinski definition) is 2. The summed E-state index contributed by atoms with van der Waals surface area (Å²) in [5.74, 6) is 3.05. The number of anilines is 1. The first-order chi connectivity index (χ1) is 14.4. The third kappa shape index (κ3) is 5.99. The smallest absolute Gasteiger partial charge is 0.191 e. The molecule has 1 aliphatic carbocycles. The average molecular weight is 396 g/mol. The molecule has 0 aromatic carbocycles. The van der Waals surface area contributed by atoms with E-state index in [2.05, 4.69) is 32.7 Å². The molecule has 1 saturated heterocycles. The molecular formula is C23H33N5O. The molecule has 2 N–H and O–H groups in total. The molecule has 1 saturated carbocycles. The van der Waals surface area contributed by atoms with Gasteiger partial charge in [0.2, 0.25) is 0 Å². The summed E-state index contributed by atoms with van der Waals surface area (Å²) >= 11 is 0. The molecule has 156 valence electrons. The molecule has 29 heavy (non-hydrogen) atoms. The van der Waals surface area contributed by atoms with Gasteiger partial charge in [0, 0.05) is 44.3 Å².